The van der Waals surface area contributed by atoms with E-state index in [1.807, 2.05) is 18.7 Å². The molecule has 10 nitrogen and oxygen atoms in total. The molecule has 0 aliphatic carbocycles. The summed E-state index contributed by atoms with van der Waals surface area (Å²) in [5.41, 5.74) is 0.0290. The number of aryl methyl sites for hydroxylation is 1. The van der Waals surface area contributed by atoms with E-state index in [4.69, 9.17) is 19.6 Å². The van der Waals surface area contributed by atoms with Gasteiger partial charge in [0.05, 0.1) is 11.1 Å². The van der Waals surface area contributed by atoms with Gasteiger partial charge < -0.3 is 25.2 Å². The van der Waals surface area contributed by atoms with Gasteiger partial charge in [0.1, 0.15) is 35.7 Å². The van der Waals surface area contributed by atoms with Gasteiger partial charge in [-0.15, -0.1) is 0 Å². The molecule has 4 heterocycles. The first kappa shape index (κ1) is 37.7. The van der Waals surface area contributed by atoms with Crippen molar-refractivity contribution >= 4 is 33.5 Å². The van der Waals surface area contributed by atoms with E-state index >= 15 is 4.39 Å². The zero-order valence-electron chi connectivity index (χ0n) is 29.0. The van der Waals surface area contributed by atoms with Crippen LogP contribution in [0.2, 0.25) is 0 Å². The van der Waals surface area contributed by atoms with Gasteiger partial charge in [0.2, 0.25) is 0 Å². The molecule has 0 radical (unpaired) electrons. The smallest absolute Gasteiger partial charge is 0.490 e. The van der Waals surface area contributed by atoms with Crippen LogP contribution in [-0.2, 0) is 11.2 Å². The molecule has 3 aliphatic rings. The summed E-state index contributed by atoms with van der Waals surface area (Å²) >= 11 is 0. The summed E-state index contributed by atoms with van der Waals surface area (Å²) < 4.78 is 84.3. The number of hydrogen-bond donors (Lipinski definition) is 3. The van der Waals surface area contributed by atoms with Crippen LogP contribution in [0.4, 0.5) is 32.2 Å². The molecule has 7 rings (SSSR count). The lowest BCUT2D eigenvalue weighted by molar-refractivity contribution is -0.192. The van der Waals surface area contributed by atoms with E-state index < -0.39 is 41.0 Å². The highest BCUT2D eigenvalue weighted by Gasteiger charge is 2.49. The van der Waals surface area contributed by atoms with E-state index in [0.717, 1.165) is 32.2 Å². The third-order valence-corrected chi connectivity index (χ3v) is 10.4. The van der Waals surface area contributed by atoms with Crippen LogP contribution in [-0.4, -0.2) is 87.3 Å². The molecule has 4 aromatic rings. The average molecular weight is 745 g/mol. The van der Waals surface area contributed by atoms with Crippen LogP contribution in [0.5, 0.6) is 11.8 Å². The number of nitrogens with zero attached hydrogens (tertiary/aromatic N) is 5. The minimum absolute atomic E-state index is 0.0105. The van der Waals surface area contributed by atoms with Crippen molar-refractivity contribution in [3.05, 3.63) is 53.6 Å². The van der Waals surface area contributed by atoms with Gasteiger partial charge in [0.15, 0.2) is 12.0 Å². The minimum Gasteiger partial charge on any atom is -0.508 e. The highest BCUT2D eigenvalue weighted by Crippen LogP contribution is 2.43. The molecule has 0 saturated carbocycles. The zero-order valence-corrected chi connectivity index (χ0v) is 29.0. The number of ether oxygens (including phenoxy) is 1. The molecule has 3 saturated heterocycles. The molecular formula is C37H38F6N6O4. The summed E-state index contributed by atoms with van der Waals surface area (Å²) in [6.45, 7) is 6.26. The van der Waals surface area contributed by atoms with E-state index in [9.17, 15) is 32.3 Å². The largest absolute Gasteiger partial charge is 0.508 e. The maximum Gasteiger partial charge on any atom is 0.490 e. The predicted molar refractivity (Wildman–Crippen MR) is 184 cm³/mol. The summed E-state index contributed by atoms with van der Waals surface area (Å²) in [6.07, 6.45) is 0.128. The number of anilines is 1. The summed E-state index contributed by atoms with van der Waals surface area (Å²) in [4.78, 5) is 22.4. The number of carboxylic acids is 1. The van der Waals surface area contributed by atoms with Crippen molar-refractivity contribution in [1.29, 1.82) is 5.26 Å². The molecule has 0 spiro atoms. The zero-order chi connectivity index (χ0) is 38.3. The second kappa shape index (κ2) is 14.4. The fraction of sp³-hybridized carbons (Fsp3) is 0.459. The molecule has 1 aromatic heterocycles. The molecule has 3 atom stereocenters. The van der Waals surface area contributed by atoms with Crippen molar-refractivity contribution in [2.75, 3.05) is 37.7 Å². The number of aromatic nitrogens is 2. The number of carboxylic acid groups (broad SMARTS) is 1. The number of phenolic OH excluding ortho intramolecular Hbond substituents is 1. The van der Waals surface area contributed by atoms with Gasteiger partial charge in [-0.25, -0.2) is 18.0 Å². The Labute approximate surface area is 301 Å². The Morgan fingerprint density at radius 2 is 1.85 bits per heavy atom. The number of rotatable bonds is 7. The van der Waals surface area contributed by atoms with Gasteiger partial charge in [-0.2, -0.15) is 28.4 Å². The Kier molecular flexibility index (Phi) is 10.3. The van der Waals surface area contributed by atoms with Gasteiger partial charge in [-0.05, 0) is 91.7 Å². The number of nitriles is 1. The number of fused-ring (bicyclic) bond motifs is 3. The Morgan fingerprint density at radius 3 is 2.55 bits per heavy atom. The molecule has 3 aliphatic heterocycles. The average Bonchev–Trinajstić information content (AvgIpc) is 3.62. The van der Waals surface area contributed by atoms with Crippen molar-refractivity contribution < 1.29 is 46.1 Å². The number of carbonyl (C=O) groups is 1. The third-order valence-electron chi connectivity index (χ3n) is 10.4. The van der Waals surface area contributed by atoms with Crippen molar-refractivity contribution in [1.82, 2.24) is 20.2 Å². The van der Waals surface area contributed by atoms with E-state index in [1.165, 1.54) is 12.1 Å². The molecule has 3 N–H and O–H groups in total. The normalized spacial score (nSPS) is 23.0. The lowest BCUT2D eigenvalue weighted by Crippen LogP contribution is -2.54. The van der Waals surface area contributed by atoms with Crippen LogP contribution in [0.25, 0.3) is 32.8 Å². The van der Waals surface area contributed by atoms with Crippen LogP contribution < -0.4 is 15.0 Å². The fourth-order valence-corrected chi connectivity index (χ4v) is 8.00. The molecule has 53 heavy (non-hydrogen) atoms. The van der Waals surface area contributed by atoms with Crippen LogP contribution in [0.1, 0.15) is 51.5 Å². The lowest BCUT2D eigenvalue weighted by atomic mass is 9.90. The van der Waals surface area contributed by atoms with Gasteiger partial charge in [-0.3, -0.25) is 4.90 Å². The van der Waals surface area contributed by atoms with Gasteiger partial charge in [-0.1, -0.05) is 19.1 Å². The molecule has 16 heteroatoms. The van der Waals surface area contributed by atoms with Crippen LogP contribution in [0.15, 0.2) is 36.4 Å². The van der Waals surface area contributed by atoms with Crippen molar-refractivity contribution in [3.8, 4) is 29.1 Å². The number of benzene rings is 3. The molecule has 0 amide bonds. The topological polar surface area (TPSA) is 135 Å². The first-order valence-corrected chi connectivity index (χ1v) is 17.3. The monoisotopic (exact) mass is 744 g/mol. The lowest BCUT2D eigenvalue weighted by Gasteiger charge is -2.40. The van der Waals surface area contributed by atoms with Crippen molar-refractivity contribution in [3.63, 3.8) is 0 Å². The van der Waals surface area contributed by atoms with Crippen molar-refractivity contribution in [2.24, 2.45) is 0 Å². The van der Waals surface area contributed by atoms with Gasteiger partial charge >= 0.3 is 18.2 Å². The number of nitrogens with one attached hydrogen (secondary N) is 1. The Morgan fingerprint density at radius 1 is 1.11 bits per heavy atom. The molecule has 3 aromatic carbocycles. The number of alkyl halides is 4. The second-order valence-corrected chi connectivity index (χ2v) is 14.1. The predicted octanol–water partition coefficient (Wildman–Crippen LogP) is 7.01. The number of aliphatic carboxylic acids is 1. The van der Waals surface area contributed by atoms with Gasteiger partial charge in [0, 0.05) is 37.0 Å². The standard InChI is InChI=1S/C35H37F3N6O2.C2HF3O2/c1-3-24-28(37)9-6-21-14-23(45)15-27(29(21)24)25-7-8-26-31(30(25)38)41-33(46-19-35-11-5-13-44(35)17-22(36)16-35)42-32(26)43-12-4-10-34(2,18-43)40-20-39;3-2(4,5)1(6)7/h6-9,14-15,22,40,45H,3-5,10-13,16-19H2,1-2H3;(H,6,7)/t22-,34?,35+;/m1./s1. The molecule has 0 bridgehead atoms. The minimum atomic E-state index is -5.08. The Bertz CT molecular complexity index is 2090. The quantitative estimate of drug-likeness (QED) is 0.103. The molecule has 282 valence electrons. The highest BCUT2D eigenvalue weighted by atomic mass is 19.4. The number of phenols is 1. The van der Waals surface area contributed by atoms with E-state index in [1.54, 1.807) is 24.3 Å². The summed E-state index contributed by atoms with van der Waals surface area (Å²) in [7, 11) is 0. The van der Waals surface area contributed by atoms with Crippen LogP contribution in [0, 0.1) is 23.1 Å². The first-order valence-electron chi connectivity index (χ1n) is 17.3. The van der Waals surface area contributed by atoms with Gasteiger partial charge in [0.25, 0.3) is 0 Å². The third kappa shape index (κ3) is 7.44. The van der Waals surface area contributed by atoms with Crippen LogP contribution in [0.3, 0.4) is 0 Å². The maximum atomic E-state index is 16.9. The van der Waals surface area contributed by atoms with Crippen LogP contribution >= 0.6 is 0 Å². The first-order chi connectivity index (χ1) is 25.1. The second-order valence-electron chi connectivity index (χ2n) is 14.1. The maximum absolute atomic E-state index is 16.9. The van der Waals surface area contributed by atoms with E-state index in [-0.39, 0.29) is 29.4 Å². The molecule has 3 fully saturated rings. The Hall–Kier alpha value is -5.04. The molecule has 1 unspecified atom stereocenters. The van der Waals surface area contributed by atoms with E-state index in [2.05, 4.69) is 21.4 Å². The molecular weight excluding hydrogens is 706 g/mol. The number of aromatic hydroxyl groups is 1. The fourth-order valence-electron chi connectivity index (χ4n) is 8.00. The van der Waals surface area contributed by atoms with E-state index in [0.29, 0.717) is 65.6 Å². The van der Waals surface area contributed by atoms with Crippen molar-refractivity contribution in [2.45, 2.75) is 75.8 Å². The summed E-state index contributed by atoms with van der Waals surface area (Å²) in [6, 6.07) is 9.30. The summed E-state index contributed by atoms with van der Waals surface area (Å²) in [5, 5.41) is 31.6. The SMILES string of the molecule is CCc1c(F)ccc2cc(O)cc(-c3ccc4c(N5CCCC(C)(NC#N)C5)nc(OC[C@@]56CCCN5C[C@H](F)C6)nc4c3F)c12.O=C(O)C(F)(F)F. The number of hydrogen-bond acceptors (Lipinski definition) is 9. The summed E-state index contributed by atoms with van der Waals surface area (Å²) in [5.74, 6) is -3.39. The number of piperidine rings is 1. The number of halogens is 6. The highest BCUT2D eigenvalue weighted by molar-refractivity contribution is 6.03. The Balaban J connectivity index is 0.000000626.